The van der Waals surface area contributed by atoms with Crippen molar-refractivity contribution in [3.8, 4) is 0 Å². The molecule has 2 N–H and O–H groups in total. The van der Waals surface area contributed by atoms with Gasteiger partial charge in [0.1, 0.15) is 5.60 Å². The fourth-order valence-corrected chi connectivity index (χ4v) is 4.07. The van der Waals surface area contributed by atoms with Crippen LogP contribution in [0.5, 0.6) is 0 Å². The Balaban J connectivity index is 1.69. The van der Waals surface area contributed by atoms with Gasteiger partial charge in [-0.05, 0) is 65.2 Å². The lowest BCUT2D eigenvalue weighted by Crippen LogP contribution is -2.35. The van der Waals surface area contributed by atoms with Gasteiger partial charge in [-0.2, -0.15) is 0 Å². The van der Waals surface area contributed by atoms with E-state index in [1.165, 1.54) is 0 Å². The van der Waals surface area contributed by atoms with Crippen molar-refractivity contribution in [2.45, 2.75) is 77.2 Å². The van der Waals surface area contributed by atoms with E-state index in [4.69, 9.17) is 19.7 Å². The zero-order valence-electron chi connectivity index (χ0n) is 17.2. The van der Waals surface area contributed by atoms with Crippen LogP contribution in [0, 0.1) is 23.7 Å². The third-order valence-corrected chi connectivity index (χ3v) is 6.14. The summed E-state index contributed by atoms with van der Waals surface area (Å²) in [5.41, 5.74) is -0.790. The molecule has 8 nitrogen and oxygen atoms in total. The maximum Gasteiger partial charge on any atom is 0.309 e. The summed E-state index contributed by atoms with van der Waals surface area (Å²) in [6.07, 6.45) is 4.37. The number of carboxylic acids is 2. The molecule has 8 heteroatoms. The normalized spacial score (nSPS) is 27.7. The molecule has 0 aromatic rings. The maximum absolute atomic E-state index is 12.4. The summed E-state index contributed by atoms with van der Waals surface area (Å²) in [6, 6.07) is 0. The van der Waals surface area contributed by atoms with Gasteiger partial charge in [0.15, 0.2) is 0 Å². The first-order chi connectivity index (χ1) is 13.6. The fraction of sp³-hybridized carbons (Fsp3) is 0.810. The van der Waals surface area contributed by atoms with Gasteiger partial charge < -0.3 is 19.7 Å². The van der Waals surface area contributed by atoms with Gasteiger partial charge in [0, 0.05) is 6.42 Å². The van der Waals surface area contributed by atoms with Crippen LogP contribution in [0.3, 0.4) is 0 Å². The number of ether oxygens (including phenoxy) is 2. The summed E-state index contributed by atoms with van der Waals surface area (Å²) in [5.74, 6) is -3.55. The molecule has 0 saturated heterocycles. The zero-order valence-corrected chi connectivity index (χ0v) is 17.2. The highest BCUT2D eigenvalue weighted by Crippen LogP contribution is 2.32. The molecule has 0 aromatic heterocycles. The van der Waals surface area contributed by atoms with E-state index in [0.717, 1.165) is 0 Å². The van der Waals surface area contributed by atoms with Gasteiger partial charge in [-0.25, -0.2) is 0 Å². The second kappa shape index (κ2) is 10.1. The van der Waals surface area contributed by atoms with E-state index >= 15 is 0 Å². The first kappa shape index (κ1) is 23.2. The van der Waals surface area contributed by atoms with Gasteiger partial charge in [0.05, 0.1) is 30.3 Å². The molecule has 2 rings (SSSR count). The van der Waals surface area contributed by atoms with Gasteiger partial charge in [0.25, 0.3) is 0 Å². The third-order valence-electron chi connectivity index (χ3n) is 6.14. The van der Waals surface area contributed by atoms with Crippen molar-refractivity contribution >= 4 is 23.9 Å². The van der Waals surface area contributed by atoms with Gasteiger partial charge in [0.2, 0.25) is 0 Å². The Morgan fingerprint density at radius 2 is 1.10 bits per heavy atom. The van der Waals surface area contributed by atoms with E-state index in [9.17, 15) is 19.2 Å². The highest BCUT2D eigenvalue weighted by atomic mass is 16.6. The highest BCUT2D eigenvalue weighted by molar-refractivity contribution is 5.75. The Labute approximate surface area is 170 Å². The van der Waals surface area contributed by atoms with Crippen LogP contribution in [0.4, 0.5) is 0 Å². The first-order valence-electron chi connectivity index (χ1n) is 10.4. The summed E-state index contributed by atoms with van der Waals surface area (Å²) >= 11 is 0. The van der Waals surface area contributed by atoms with E-state index < -0.39 is 17.5 Å². The number of rotatable bonds is 8. The lowest BCUT2D eigenvalue weighted by Gasteiger charge is -2.30. The minimum absolute atomic E-state index is 0.129. The highest BCUT2D eigenvalue weighted by Gasteiger charge is 2.34. The van der Waals surface area contributed by atoms with E-state index in [-0.39, 0.29) is 42.2 Å². The van der Waals surface area contributed by atoms with Crippen LogP contribution in [0.2, 0.25) is 0 Å². The molecule has 0 spiro atoms. The molecule has 0 atom stereocenters. The van der Waals surface area contributed by atoms with E-state index in [1.54, 1.807) is 13.8 Å². The maximum atomic E-state index is 12.4. The molecular weight excluding hydrogens is 380 g/mol. The molecule has 0 bridgehead atoms. The summed E-state index contributed by atoms with van der Waals surface area (Å²) in [7, 11) is 0. The number of carbonyl (C=O) groups excluding carboxylic acids is 2. The number of carbonyl (C=O) groups is 4. The third kappa shape index (κ3) is 7.01. The van der Waals surface area contributed by atoms with Crippen LogP contribution in [0.25, 0.3) is 0 Å². The predicted octanol–water partition coefficient (Wildman–Crippen LogP) is 3.02. The SMILES string of the molecule is CC(C)(CCOC(=O)C1CCC(C(=O)O)CC1)OC(=O)C1CCC(C(=O)O)CC1. The van der Waals surface area contributed by atoms with Crippen molar-refractivity contribution in [1.82, 2.24) is 0 Å². The average molecular weight is 412 g/mol. The minimum Gasteiger partial charge on any atom is -0.481 e. The van der Waals surface area contributed by atoms with Crippen molar-refractivity contribution in [2.75, 3.05) is 6.61 Å². The smallest absolute Gasteiger partial charge is 0.309 e. The molecule has 0 radical (unpaired) electrons. The second-order valence-electron chi connectivity index (χ2n) is 8.87. The Bertz CT molecular complexity index is 610. The lowest BCUT2D eigenvalue weighted by atomic mass is 9.82. The number of carboxylic acid groups (broad SMARTS) is 2. The summed E-state index contributed by atoms with van der Waals surface area (Å²) in [4.78, 5) is 46.6. The number of esters is 2. The molecule has 0 amide bonds. The minimum atomic E-state index is -0.810. The first-order valence-corrected chi connectivity index (χ1v) is 10.4. The van der Waals surface area contributed by atoms with Gasteiger partial charge >= 0.3 is 23.9 Å². The van der Waals surface area contributed by atoms with Crippen molar-refractivity contribution in [3.63, 3.8) is 0 Å². The monoisotopic (exact) mass is 412 g/mol. The number of hydrogen-bond acceptors (Lipinski definition) is 6. The molecule has 0 heterocycles. The molecule has 0 aromatic carbocycles. The molecule has 2 saturated carbocycles. The van der Waals surface area contributed by atoms with Crippen LogP contribution < -0.4 is 0 Å². The van der Waals surface area contributed by atoms with Crippen LogP contribution >= 0.6 is 0 Å². The number of aliphatic carboxylic acids is 2. The molecule has 29 heavy (non-hydrogen) atoms. The topological polar surface area (TPSA) is 127 Å². The lowest BCUT2D eigenvalue weighted by molar-refractivity contribution is -0.167. The van der Waals surface area contributed by atoms with Gasteiger partial charge in [-0.3, -0.25) is 19.2 Å². The molecule has 2 aliphatic carbocycles. The van der Waals surface area contributed by atoms with E-state index in [2.05, 4.69) is 0 Å². The summed E-state index contributed by atoms with van der Waals surface area (Å²) in [5, 5.41) is 18.1. The molecule has 2 fully saturated rings. The Hall–Kier alpha value is -2.12. The second-order valence-corrected chi connectivity index (χ2v) is 8.87. The van der Waals surface area contributed by atoms with E-state index in [1.807, 2.05) is 0 Å². The number of hydrogen-bond donors (Lipinski definition) is 2. The molecule has 0 unspecified atom stereocenters. The quantitative estimate of drug-likeness (QED) is 0.582. The van der Waals surface area contributed by atoms with Gasteiger partial charge in [-0.1, -0.05) is 0 Å². The van der Waals surface area contributed by atoms with Crippen molar-refractivity contribution in [2.24, 2.45) is 23.7 Å². The average Bonchev–Trinajstić information content (AvgIpc) is 2.67. The van der Waals surface area contributed by atoms with Crippen LogP contribution in [0.15, 0.2) is 0 Å². The van der Waals surface area contributed by atoms with Crippen molar-refractivity contribution < 1.29 is 38.9 Å². The van der Waals surface area contributed by atoms with Crippen LogP contribution in [0.1, 0.15) is 71.6 Å². The summed E-state index contributed by atoms with van der Waals surface area (Å²) < 4.78 is 10.9. The Kier molecular flexibility index (Phi) is 8.05. The molecular formula is C21H32O8. The molecule has 0 aliphatic heterocycles. The zero-order chi connectivity index (χ0) is 21.6. The Morgan fingerprint density at radius 3 is 1.52 bits per heavy atom. The van der Waals surface area contributed by atoms with Crippen molar-refractivity contribution in [3.05, 3.63) is 0 Å². The predicted molar refractivity (Wildman–Crippen MR) is 102 cm³/mol. The Morgan fingerprint density at radius 1 is 0.724 bits per heavy atom. The fourth-order valence-electron chi connectivity index (χ4n) is 4.07. The van der Waals surface area contributed by atoms with E-state index in [0.29, 0.717) is 57.8 Å². The van der Waals surface area contributed by atoms with Gasteiger partial charge in [-0.15, -0.1) is 0 Å². The van der Waals surface area contributed by atoms with Crippen LogP contribution in [-0.4, -0.2) is 46.3 Å². The molecule has 2 aliphatic rings. The van der Waals surface area contributed by atoms with Crippen LogP contribution in [-0.2, 0) is 28.7 Å². The largest absolute Gasteiger partial charge is 0.481 e. The van der Waals surface area contributed by atoms with Crippen molar-refractivity contribution in [1.29, 1.82) is 0 Å². The molecule has 164 valence electrons. The standard InChI is InChI=1S/C21H32O8/c1-21(2,29-20(27)16-9-5-14(6-10-16)18(24)25)11-12-28-19(26)15-7-3-13(4-8-15)17(22)23/h13-16H,3-12H2,1-2H3,(H,22,23)(H,24,25). The summed E-state index contributed by atoms with van der Waals surface area (Å²) in [6.45, 7) is 3.66.